The number of carboxylic acid groups (broad SMARTS) is 1. The van der Waals surface area contributed by atoms with E-state index in [1.54, 1.807) is 45.4 Å². The highest BCUT2D eigenvalue weighted by atomic mass is 16.5. The molecule has 0 amide bonds. The molecule has 5 heteroatoms. The predicted molar refractivity (Wildman–Crippen MR) is 67.9 cm³/mol. The van der Waals surface area contributed by atoms with Crippen LogP contribution in [0.1, 0.15) is 12.5 Å². The summed E-state index contributed by atoms with van der Waals surface area (Å²) in [6, 6.07) is 6.97. The standard InChI is InChI=1S/C13H19NO4/c1-13(12(15)16,14-8-9-17-2)10-4-6-11(18-3)7-5-10/h4-7,14H,8-9H2,1-3H3,(H,15,16). The van der Waals surface area contributed by atoms with Crippen molar-refractivity contribution >= 4 is 5.97 Å². The number of rotatable bonds is 7. The van der Waals surface area contributed by atoms with Gasteiger partial charge in [0.2, 0.25) is 0 Å². The Labute approximate surface area is 107 Å². The maximum atomic E-state index is 11.4. The first kappa shape index (κ1) is 14.5. The van der Waals surface area contributed by atoms with Gasteiger partial charge in [0, 0.05) is 13.7 Å². The number of hydrogen-bond donors (Lipinski definition) is 2. The summed E-state index contributed by atoms with van der Waals surface area (Å²) < 4.78 is 9.97. The zero-order valence-corrected chi connectivity index (χ0v) is 10.9. The summed E-state index contributed by atoms with van der Waals surface area (Å²) in [5.74, 6) is -0.229. The first-order valence-corrected chi connectivity index (χ1v) is 5.66. The van der Waals surface area contributed by atoms with Gasteiger partial charge in [-0.3, -0.25) is 5.32 Å². The molecule has 1 aromatic rings. The zero-order chi connectivity index (χ0) is 13.6. The highest BCUT2D eigenvalue weighted by Crippen LogP contribution is 2.23. The Morgan fingerprint density at radius 3 is 2.39 bits per heavy atom. The van der Waals surface area contributed by atoms with Gasteiger partial charge in [0.05, 0.1) is 13.7 Å². The Hall–Kier alpha value is -1.59. The summed E-state index contributed by atoms with van der Waals surface area (Å²) in [5.41, 5.74) is -0.461. The minimum Gasteiger partial charge on any atom is -0.497 e. The molecule has 0 saturated carbocycles. The topological polar surface area (TPSA) is 67.8 Å². The van der Waals surface area contributed by atoms with Crippen LogP contribution in [0.25, 0.3) is 0 Å². The Bertz CT molecular complexity index is 390. The third-order valence-electron chi connectivity index (χ3n) is 2.88. The summed E-state index contributed by atoms with van der Waals surface area (Å²) in [6.07, 6.45) is 0. The molecule has 0 saturated heterocycles. The lowest BCUT2D eigenvalue weighted by Crippen LogP contribution is -2.47. The van der Waals surface area contributed by atoms with E-state index in [9.17, 15) is 9.90 Å². The van der Waals surface area contributed by atoms with Gasteiger partial charge in [-0.25, -0.2) is 4.79 Å². The number of carbonyl (C=O) groups is 1. The van der Waals surface area contributed by atoms with Gasteiger partial charge in [-0.2, -0.15) is 0 Å². The Kier molecular flexibility index (Phi) is 5.12. The van der Waals surface area contributed by atoms with Crippen LogP contribution < -0.4 is 10.1 Å². The average Bonchev–Trinajstić information content (AvgIpc) is 2.38. The van der Waals surface area contributed by atoms with E-state index >= 15 is 0 Å². The molecule has 0 heterocycles. The van der Waals surface area contributed by atoms with Gasteiger partial charge in [-0.1, -0.05) is 12.1 Å². The lowest BCUT2D eigenvalue weighted by molar-refractivity contribution is -0.144. The molecule has 100 valence electrons. The highest BCUT2D eigenvalue weighted by molar-refractivity contribution is 5.80. The van der Waals surface area contributed by atoms with E-state index < -0.39 is 11.5 Å². The lowest BCUT2D eigenvalue weighted by atomic mass is 9.92. The number of hydrogen-bond acceptors (Lipinski definition) is 4. The second-order valence-corrected chi connectivity index (χ2v) is 4.08. The molecule has 0 aliphatic heterocycles. The van der Waals surface area contributed by atoms with Crippen LogP contribution in [0.15, 0.2) is 24.3 Å². The van der Waals surface area contributed by atoms with E-state index in [-0.39, 0.29) is 0 Å². The molecule has 1 rings (SSSR count). The second kappa shape index (κ2) is 6.37. The largest absolute Gasteiger partial charge is 0.497 e. The van der Waals surface area contributed by atoms with E-state index in [4.69, 9.17) is 9.47 Å². The van der Waals surface area contributed by atoms with Crippen molar-refractivity contribution in [3.05, 3.63) is 29.8 Å². The van der Waals surface area contributed by atoms with Gasteiger partial charge < -0.3 is 14.6 Å². The van der Waals surface area contributed by atoms with E-state index in [2.05, 4.69) is 5.32 Å². The van der Waals surface area contributed by atoms with Crippen molar-refractivity contribution in [2.45, 2.75) is 12.5 Å². The SMILES string of the molecule is COCCNC(C)(C(=O)O)c1ccc(OC)cc1. The fraction of sp³-hybridized carbons (Fsp3) is 0.462. The van der Waals surface area contributed by atoms with Crippen LogP contribution in [-0.4, -0.2) is 38.4 Å². The van der Waals surface area contributed by atoms with Crippen LogP contribution in [0.5, 0.6) is 5.75 Å². The van der Waals surface area contributed by atoms with Crippen molar-refractivity contribution in [3.63, 3.8) is 0 Å². The lowest BCUT2D eigenvalue weighted by Gasteiger charge is -2.27. The molecule has 5 nitrogen and oxygen atoms in total. The first-order valence-electron chi connectivity index (χ1n) is 5.66. The molecule has 0 aromatic heterocycles. The van der Waals surface area contributed by atoms with Gasteiger partial charge in [0.1, 0.15) is 11.3 Å². The van der Waals surface area contributed by atoms with Gasteiger partial charge in [0.15, 0.2) is 0 Å². The van der Waals surface area contributed by atoms with E-state index in [1.165, 1.54) is 0 Å². The van der Waals surface area contributed by atoms with Crippen LogP contribution in [0.2, 0.25) is 0 Å². The number of nitrogens with one attached hydrogen (secondary N) is 1. The number of methoxy groups -OCH3 is 2. The number of ether oxygens (including phenoxy) is 2. The van der Waals surface area contributed by atoms with Crippen molar-refractivity contribution in [1.82, 2.24) is 5.32 Å². The molecule has 0 radical (unpaired) electrons. The molecular weight excluding hydrogens is 234 g/mol. The quantitative estimate of drug-likeness (QED) is 0.715. The second-order valence-electron chi connectivity index (χ2n) is 4.08. The van der Waals surface area contributed by atoms with Crippen molar-refractivity contribution in [2.24, 2.45) is 0 Å². The summed E-state index contributed by atoms with van der Waals surface area (Å²) in [5, 5.41) is 12.4. The van der Waals surface area contributed by atoms with Gasteiger partial charge >= 0.3 is 5.97 Å². The maximum Gasteiger partial charge on any atom is 0.328 e. The average molecular weight is 253 g/mol. The number of carboxylic acids is 1. The summed E-state index contributed by atoms with van der Waals surface area (Å²) in [6.45, 7) is 2.55. The van der Waals surface area contributed by atoms with Gasteiger partial charge in [-0.05, 0) is 24.6 Å². The van der Waals surface area contributed by atoms with Crippen molar-refractivity contribution in [1.29, 1.82) is 0 Å². The number of aliphatic carboxylic acids is 1. The maximum absolute atomic E-state index is 11.4. The van der Waals surface area contributed by atoms with Crippen LogP contribution in [0.4, 0.5) is 0 Å². The minimum absolute atomic E-state index is 0.457. The van der Waals surface area contributed by atoms with Crippen molar-refractivity contribution in [2.75, 3.05) is 27.4 Å². The summed E-state index contributed by atoms with van der Waals surface area (Å²) in [7, 11) is 3.15. The molecular formula is C13H19NO4. The Morgan fingerprint density at radius 2 is 1.94 bits per heavy atom. The van der Waals surface area contributed by atoms with Crippen LogP contribution in [0.3, 0.4) is 0 Å². The fourth-order valence-corrected chi connectivity index (χ4v) is 1.63. The van der Waals surface area contributed by atoms with Crippen molar-refractivity contribution < 1.29 is 19.4 Å². The molecule has 0 aliphatic rings. The van der Waals surface area contributed by atoms with E-state index in [1.807, 2.05) is 0 Å². The molecule has 18 heavy (non-hydrogen) atoms. The highest BCUT2D eigenvalue weighted by Gasteiger charge is 2.34. The molecule has 1 aromatic carbocycles. The molecule has 1 atom stereocenters. The van der Waals surface area contributed by atoms with E-state index in [0.717, 1.165) is 0 Å². The molecule has 2 N–H and O–H groups in total. The molecule has 1 unspecified atom stereocenters. The van der Waals surface area contributed by atoms with Crippen LogP contribution >= 0.6 is 0 Å². The molecule has 0 bridgehead atoms. The zero-order valence-electron chi connectivity index (χ0n) is 10.9. The predicted octanol–water partition coefficient (Wildman–Crippen LogP) is 1.23. The van der Waals surface area contributed by atoms with Crippen LogP contribution in [0, 0.1) is 0 Å². The fourth-order valence-electron chi connectivity index (χ4n) is 1.63. The Morgan fingerprint density at radius 1 is 1.33 bits per heavy atom. The van der Waals surface area contributed by atoms with Gasteiger partial charge in [0.25, 0.3) is 0 Å². The van der Waals surface area contributed by atoms with Gasteiger partial charge in [-0.15, -0.1) is 0 Å². The van der Waals surface area contributed by atoms with Crippen molar-refractivity contribution in [3.8, 4) is 5.75 Å². The smallest absolute Gasteiger partial charge is 0.328 e. The normalized spacial score (nSPS) is 13.9. The third kappa shape index (κ3) is 3.21. The monoisotopic (exact) mass is 253 g/mol. The Balaban J connectivity index is 2.91. The number of benzene rings is 1. The summed E-state index contributed by atoms with van der Waals surface area (Å²) in [4.78, 5) is 11.4. The summed E-state index contributed by atoms with van der Waals surface area (Å²) >= 11 is 0. The first-order chi connectivity index (χ1) is 8.54. The minimum atomic E-state index is -1.13. The van der Waals surface area contributed by atoms with E-state index in [0.29, 0.717) is 24.5 Å². The molecule has 0 aliphatic carbocycles. The molecule has 0 spiro atoms. The third-order valence-corrected chi connectivity index (χ3v) is 2.88. The van der Waals surface area contributed by atoms with Crippen LogP contribution in [-0.2, 0) is 15.1 Å². The molecule has 0 fully saturated rings.